The molecule has 0 saturated heterocycles. The van der Waals surface area contributed by atoms with Crippen LogP contribution in [0.2, 0.25) is 0 Å². The first-order chi connectivity index (χ1) is 13.5. The van der Waals surface area contributed by atoms with Crippen molar-refractivity contribution in [2.75, 3.05) is 6.61 Å². The first kappa shape index (κ1) is 20.3. The molecule has 0 saturated carbocycles. The minimum atomic E-state index is -0.402. The molecule has 1 atom stereocenters. The average Bonchev–Trinajstić information content (AvgIpc) is 2.64. The fourth-order valence-corrected chi connectivity index (χ4v) is 4.04. The van der Waals surface area contributed by atoms with Crippen LogP contribution in [0.25, 0.3) is 0 Å². The summed E-state index contributed by atoms with van der Waals surface area (Å²) in [6.07, 6.45) is 8.94. The zero-order valence-electron chi connectivity index (χ0n) is 17.1. The summed E-state index contributed by atoms with van der Waals surface area (Å²) < 4.78 is 7.48. The van der Waals surface area contributed by atoms with E-state index < -0.39 is 5.69 Å². The molecule has 1 aliphatic rings. The number of benzene rings is 1. The summed E-state index contributed by atoms with van der Waals surface area (Å²) in [7, 11) is 0. The number of allylic oxidation sites excluding steroid dienone is 1. The molecular formula is C23H30N2O3. The Kier molecular flexibility index (Phi) is 6.68. The normalized spacial score (nSPS) is 16.5. The van der Waals surface area contributed by atoms with Crippen LogP contribution in [0.1, 0.15) is 54.1 Å². The smallest absolute Gasteiger partial charge is 0.330 e. The number of aryl methyl sites for hydroxylation is 2. The van der Waals surface area contributed by atoms with Gasteiger partial charge in [-0.3, -0.25) is 14.3 Å². The highest BCUT2D eigenvalue weighted by atomic mass is 16.5. The first-order valence-corrected chi connectivity index (χ1v) is 10.1. The van der Waals surface area contributed by atoms with Gasteiger partial charge in [-0.2, -0.15) is 0 Å². The lowest BCUT2D eigenvalue weighted by molar-refractivity contribution is 0.0523. The van der Waals surface area contributed by atoms with E-state index in [1.807, 2.05) is 6.92 Å². The Bertz CT molecular complexity index is 949. The summed E-state index contributed by atoms with van der Waals surface area (Å²) in [4.78, 5) is 27.4. The summed E-state index contributed by atoms with van der Waals surface area (Å²) in [5.41, 5.74) is 4.15. The van der Waals surface area contributed by atoms with Gasteiger partial charge in [-0.25, -0.2) is 4.79 Å². The van der Waals surface area contributed by atoms with E-state index >= 15 is 0 Å². The number of aromatic amines is 1. The molecule has 28 heavy (non-hydrogen) atoms. The fraction of sp³-hybridized carbons (Fsp3) is 0.478. The predicted octanol–water partition coefficient (Wildman–Crippen LogP) is 3.64. The van der Waals surface area contributed by atoms with Crippen molar-refractivity contribution >= 4 is 0 Å². The summed E-state index contributed by atoms with van der Waals surface area (Å²) in [5, 5.41) is 0. The molecule has 3 rings (SSSR count). The third-order valence-corrected chi connectivity index (χ3v) is 5.33. The van der Waals surface area contributed by atoms with Crippen LogP contribution >= 0.6 is 0 Å². The van der Waals surface area contributed by atoms with Gasteiger partial charge in [0.25, 0.3) is 5.56 Å². The molecule has 0 bridgehead atoms. The van der Waals surface area contributed by atoms with Crippen LogP contribution in [-0.4, -0.2) is 16.2 Å². The number of aromatic nitrogens is 2. The summed E-state index contributed by atoms with van der Waals surface area (Å²) in [5.74, 6) is 0.403. The third kappa shape index (κ3) is 4.90. The van der Waals surface area contributed by atoms with Crippen molar-refractivity contribution in [1.29, 1.82) is 0 Å². The largest absolute Gasteiger partial charge is 0.360 e. The number of hydrogen-bond acceptors (Lipinski definition) is 3. The minimum absolute atomic E-state index is 0.160. The van der Waals surface area contributed by atoms with Crippen molar-refractivity contribution in [2.24, 2.45) is 5.92 Å². The quantitative estimate of drug-likeness (QED) is 0.744. The van der Waals surface area contributed by atoms with Crippen LogP contribution in [-0.2, 0) is 24.3 Å². The van der Waals surface area contributed by atoms with Gasteiger partial charge in [-0.05, 0) is 45.1 Å². The number of rotatable bonds is 7. The highest BCUT2D eigenvalue weighted by molar-refractivity contribution is 5.33. The average molecular weight is 383 g/mol. The van der Waals surface area contributed by atoms with Crippen molar-refractivity contribution < 1.29 is 4.74 Å². The molecule has 1 aromatic carbocycles. The monoisotopic (exact) mass is 382 g/mol. The molecular weight excluding hydrogens is 352 g/mol. The summed E-state index contributed by atoms with van der Waals surface area (Å²) in [6, 6.07) is 6.34. The van der Waals surface area contributed by atoms with Crippen molar-refractivity contribution in [2.45, 2.75) is 59.6 Å². The highest BCUT2D eigenvalue weighted by Gasteiger charge is 2.16. The third-order valence-electron chi connectivity index (χ3n) is 5.33. The Morgan fingerprint density at radius 1 is 1.18 bits per heavy atom. The molecule has 0 spiro atoms. The van der Waals surface area contributed by atoms with Crippen LogP contribution in [0.4, 0.5) is 0 Å². The van der Waals surface area contributed by atoms with Gasteiger partial charge in [-0.15, -0.1) is 0 Å². The second-order valence-electron chi connectivity index (χ2n) is 7.76. The predicted molar refractivity (Wildman–Crippen MR) is 112 cm³/mol. The lowest BCUT2D eigenvalue weighted by Crippen LogP contribution is -2.36. The number of H-pyrrole nitrogens is 1. The van der Waals surface area contributed by atoms with E-state index in [0.29, 0.717) is 30.9 Å². The van der Waals surface area contributed by atoms with E-state index in [0.717, 1.165) is 24.1 Å². The summed E-state index contributed by atoms with van der Waals surface area (Å²) >= 11 is 0. The lowest BCUT2D eigenvalue weighted by Gasteiger charge is -2.19. The maximum atomic E-state index is 12.5. The minimum Gasteiger partial charge on any atom is -0.360 e. The van der Waals surface area contributed by atoms with Gasteiger partial charge >= 0.3 is 5.69 Å². The van der Waals surface area contributed by atoms with Crippen LogP contribution in [0.3, 0.4) is 0 Å². The molecule has 2 aromatic rings. The standard InChI is InChI=1S/C23H30N2O3/c1-4-20-21(13-19-11-16(2)10-17(3)12-19)25(23(27)24-22(20)26)15-28-14-18-8-6-5-7-9-18/h6,8,10-12,18H,4-5,7,9,13-15H2,1-3H3,(H,24,26,27). The fourth-order valence-electron chi connectivity index (χ4n) is 4.04. The molecule has 5 heteroatoms. The van der Waals surface area contributed by atoms with Crippen molar-refractivity contribution in [3.63, 3.8) is 0 Å². The molecule has 150 valence electrons. The van der Waals surface area contributed by atoms with Crippen LogP contribution in [0.5, 0.6) is 0 Å². The second-order valence-corrected chi connectivity index (χ2v) is 7.76. The number of nitrogens with zero attached hydrogens (tertiary/aromatic N) is 1. The maximum absolute atomic E-state index is 12.5. The SMILES string of the molecule is CCc1c(Cc2cc(C)cc(C)c2)n(COCC2C=CCCC2)c(=O)[nH]c1=O. The van der Waals surface area contributed by atoms with E-state index in [4.69, 9.17) is 4.74 Å². The second kappa shape index (κ2) is 9.20. The van der Waals surface area contributed by atoms with E-state index in [-0.39, 0.29) is 12.3 Å². The maximum Gasteiger partial charge on any atom is 0.330 e. The molecule has 0 radical (unpaired) electrons. The van der Waals surface area contributed by atoms with Gasteiger partial charge in [0.15, 0.2) is 0 Å². The Balaban J connectivity index is 1.89. The zero-order chi connectivity index (χ0) is 20.1. The molecule has 1 aliphatic carbocycles. The Morgan fingerprint density at radius 3 is 2.57 bits per heavy atom. The Labute approximate surface area is 166 Å². The Morgan fingerprint density at radius 2 is 1.93 bits per heavy atom. The molecule has 1 unspecified atom stereocenters. The van der Waals surface area contributed by atoms with E-state index in [1.54, 1.807) is 4.57 Å². The topological polar surface area (TPSA) is 64.1 Å². The summed E-state index contributed by atoms with van der Waals surface area (Å²) in [6.45, 7) is 6.81. The van der Waals surface area contributed by atoms with Gasteiger partial charge in [0.1, 0.15) is 6.73 Å². The van der Waals surface area contributed by atoms with Crippen LogP contribution < -0.4 is 11.2 Å². The van der Waals surface area contributed by atoms with E-state index in [2.05, 4.69) is 49.2 Å². The lowest BCUT2D eigenvalue weighted by atomic mass is 9.97. The van der Waals surface area contributed by atoms with Crippen LogP contribution in [0.15, 0.2) is 39.9 Å². The van der Waals surface area contributed by atoms with Crippen LogP contribution in [0, 0.1) is 19.8 Å². The molecule has 0 aliphatic heterocycles. The molecule has 0 fully saturated rings. The highest BCUT2D eigenvalue weighted by Crippen LogP contribution is 2.18. The van der Waals surface area contributed by atoms with Crippen molar-refractivity contribution in [3.05, 3.63) is 79.1 Å². The van der Waals surface area contributed by atoms with Gasteiger partial charge in [0.2, 0.25) is 0 Å². The van der Waals surface area contributed by atoms with Gasteiger partial charge in [-0.1, -0.05) is 48.4 Å². The number of nitrogens with one attached hydrogen (secondary N) is 1. The van der Waals surface area contributed by atoms with Gasteiger partial charge in [0, 0.05) is 23.6 Å². The van der Waals surface area contributed by atoms with Crippen molar-refractivity contribution in [1.82, 2.24) is 9.55 Å². The van der Waals surface area contributed by atoms with E-state index in [9.17, 15) is 9.59 Å². The molecule has 1 heterocycles. The molecule has 1 N–H and O–H groups in total. The molecule has 1 aromatic heterocycles. The van der Waals surface area contributed by atoms with Gasteiger partial charge < -0.3 is 4.74 Å². The zero-order valence-corrected chi connectivity index (χ0v) is 17.1. The molecule has 5 nitrogen and oxygen atoms in total. The Hall–Kier alpha value is -2.40. The van der Waals surface area contributed by atoms with Gasteiger partial charge in [0.05, 0.1) is 6.61 Å². The number of ether oxygens (including phenoxy) is 1. The van der Waals surface area contributed by atoms with Crippen molar-refractivity contribution in [3.8, 4) is 0 Å². The van der Waals surface area contributed by atoms with E-state index in [1.165, 1.54) is 17.5 Å². The number of hydrogen-bond donors (Lipinski definition) is 1. The molecule has 0 amide bonds. The first-order valence-electron chi connectivity index (χ1n) is 10.1.